The maximum absolute atomic E-state index is 12.6. The van der Waals surface area contributed by atoms with Crippen molar-refractivity contribution in [2.24, 2.45) is 5.92 Å². The number of hydrogen-bond acceptors (Lipinski definition) is 9. The Morgan fingerprint density at radius 3 is 2.53 bits per heavy atom. The van der Waals surface area contributed by atoms with Crippen LogP contribution < -0.4 is 9.62 Å². The van der Waals surface area contributed by atoms with Gasteiger partial charge in [0.2, 0.25) is 15.9 Å². The number of benzene rings is 1. The van der Waals surface area contributed by atoms with E-state index in [0.29, 0.717) is 37.3 Å². The summed E-state index contributed by atoms with van der Waals surface area (Å²) < 4.78 is 31.9. The third-order valence-electron chi connectivity index (χ3n) is 5.47. The van der Waals surface area contributed by atoms with Crippen molar-refractivity contribution in [3.63, 3.8) is 0 Å². The summed E-state index contributed by atoms with van der Waals surface area (Å²) in [4.78, 5) is 30.8. The first-order valence-electron chi connectivity index (χ1n) is 10.8. The number of amides is 1. The summed E-state index contributed by atoms with van der Waals surface area (Å²) in [6, 6.07) is 12.0. The molecular formula is C23H26N4O6S. The second-order valence-corrected chi connectivity index (χ2v) is 9.54. The van der Waals surface area contributed by atoms with Crippen LogP contribution in [-0.2, 0) is 31.9 Å². The van der Waals surface area contributed by atoms with E-state index in [1.165, 1.54) is 6.07 Å². The zero-order valence-electron chi connectivity index (χ0n) is 18.7. The molecule has 0 saturated carbocycles. The minimum Gasteiger partial charge on any atom is -0.462 e. The summed E-state index contributed by atoms with van der Waals surface area (Å²) in [6.07, 6.45) is 0.709. The number of hydrogen-bond donors (Lipinski definition) is 2. The zero-order chi connectivity index (χ0) is 24.7. The molecule has 2 heterocycles. The minimum absolute atomic E-state index is 0.0301. The molecule has 0 radical (unpaired) electrons. The smallest absolute Gasteiger partial charge is 0.340 e. The predicted octanol–water partition coefficient (Wildman–Crippen LogP) is 1.48. The molecule has 180 valence electrons. The van der Waals surface area contributed by atoms with E-state index in [1.807, 2.05) is 6.07 Å². The van der Waals surface area contributed by atoms with Gasteiger partial charge < -0.3 is 14.7 Å². The molecule has 0 atom stereocenters. The molecule has 1 saturated heterocycles. The fourth-order valence-corrected chi connectivity index (χ4v) is 4.97. The van der Waals surface area contributed by atoms with E-state index in [4.69, 9.17) is 4.74 Å². The van der Waals surface area contributed by atoms with Crippen molar-refractivity contribution in [1.29, 1.82) is 5.26 Å². The van der Waals surface area contributed by atoms with E-state index in [2.05, 4.69) is 9.71 Å². The first-order chi connectivity index (χ1) is 16.3. The van der Waals surface area contributed by atoms with Crippen LogP contribution in [0, 0.1) is 17.2 Å². The van der Waals surface area contributed by atoms with Gasteiger partial charge in [-0.3, -0.25) is 9.52 Å². The van der Waals surface area contributed by atoms with Gasteiger partial charge in [0.25, 0.3) is 0 Å². The highest BCUT2D eigenvalue weighted by Crippen LogP contribution is 2.27. The van der Waals surface area contributed by atoms with Gasteiger partial charge in [-0.25, -0.2) is 18.2 Å². The molecule has 0 unspecified atom stereocenters. The SMILES string of the molecule is CCOC(=O)c1cc(C#N)c(N2CCC(C(=O)NS(=O)(=O)Cc3ccccc3)CC2)nc1CO. The van der Waals surface area contributed by atoms with Gasteiger partial charge in [0.1, 0.15) is 11.9 Å². The fourth-order valence-electron chi connectivity index (χ4n) is 3.79. The van der Waals surface area contributed by atoms with Crippen molar-refractivity contribution < 1.29 is 27.9 Å². The lowest BCUT2D eigenvalue weighted by atomic mass is 9.96. The van der Waals surface area contributed by atoms with Crippen LogP contribution in [0.4, 0.5) is 5.82 Å². The molecule has 2 N–H and O–H groups in total. The van der Waals surface area contributed by atoms with Gasteiger partial charge in [-0.15, -0.1) is 0 Å². The maximum Gasteiger partial charge on any atom is 0.340 e. The monoisotopic (exact) mass is 486 g/mol. The number of carbonyl (C=O) groups is 2. The normalized spacial score (nSPS) is 14.3. The molecule has 11 heteroatoms. The van der Waals surface area contributed by atoms with E-state index in [0.717, 1.165) is 0 Å². The van der Waals surface area contributed by atoms with E-state index >= 15 is 0 Å². The average molecular weight is 487 g/mol. The number of pyridine rings is 1. The molecule has 0 spiro atoms. The molecule has 0 aliphatic carbocycles. The van der Waals surface area contributed by atoms with Gasteiger partial charge >= 0.3 is 5.97 Å². The Labute approximate surface area is 198 Å². The second-order valence-electron chi connectivity index (χ2n) is 7.82. The van der Waals surface area contributed by atoms with Crippen molar-refractivity contribution in [1.82, 2.24) is 9.71 Å². The molecule has 10 nitrogen and oxygen atoms in total. The van der Waals surface area contributed by atoms with E-state index in [-0.39, 0.29) is 29.2 Å². The van der Waals surface area contributed by atoms with Crippen LogP contribution >= 0.6 is 0 Å². The van der Waals surface area contributed by atoms with Crippen molar-refractivity contribution in [2.75, 3.05) is 24.6 Å². The molecule has 1 aromatic carbocycles. The van der Waals surface area contributed by atoms with Crippen LogP contribution in [0.5, 0.6) is 0 Å². The van der Waals surface area contributed by atoms with Crippen molar-refractivity contribution in [3.05, 3.63) is 58.8 Å². The fraction of sp³-hybridized carbons (Fsp3) is 0.391. The number of ether oxygens (including phenoxy) is 1. The molecule has 34 heavy (non-hydrogen) atoms. The average Bonchev–Trinajstić information content (AvgIpc) is 2.83. The van der Waals surface area contributed by atoms with Gasteiger partial charge in [-0.1, -0.05) is 30.3 Å². The van der Waals surface area contributed by atoms with Gasteiger partial charge in [0.05, 0.1) is 35.8 Å². The van der Waals surface area contributed by atoms with E-state index in [1.54, 1.807) is 42.2 Å². The largest absolute Gasteiger partial charge is 0.462 e. The number of nitrogens with zero attached hydrogens (tertiary/aromatic N) is 3. The van der Waals surface area contributed by atoms with Crippen molar-refractivity contribution in [3.8, 4) is 6.07 Å². The van der Waals surface area contributed by atoms with E-state index < -0.39 is 34.4 Å². The number of sulfonamides is 1. The molecule has 1 amide bonds. The summed E-state index contributed by atoms with van der Waals surface area (Å²) in [5, 5.41) is 19.2. The number of aromatic nitrogens is 1. The first-order valence-corrected chi connectivity index (χ1v) is 12.5. The zero-order valence-corrected chi connectivity index (χ0v) is 19.5. The lowest BCUT2D eigenvalue weighted by Crippen LogP contribution is -2.43. The topological polar surface area (TPSA) is 150 Å². The predicted molar refractivity (Wildman–Crippen MR) is 123 cm³/mol. The number of nitrogens with one attached hydrogen (secondary N) is 1. The quantitative estimate of drug-likeness (QED) is 0.529. The van der Waals surface area contributed by atoms with Gasteiger partial charge in [0.15, 0.2) is 0 Å². The van der Waals surface area contributed by atoms with Crippen molar-refractivity contribution >= 4 is 27.7 Å². The Balaban J connectivity index is 1.67. The third-order valence-corrected chi connectivity index (χ3v) is 6.69. The van der Waals surface area contributed by atoms with E-state index in [9.17, 15) is 28.4 Å². The number of aliphatic hydroxyl groups is 1. The lowest BCUT2D eigenvalue weighted by Gasteiger charge is -2.32. The Morgan fingerprint density at radius 1 is 1.26 bits per heavy atom. The van der Waals surface area contributed by atoms with Crippen molar-refractivity contribution in [2.45, 2.75) is 32.1 Å². The summed E-state index contributed by atoms with van der Waals surface area (Å²) in [6.45, 7) is 1.98. The Bertz CT molecular complexity index is 1190. The van der Waals surface area contributed by atoms with Crippen LogP contribution in [0.15, 0.2) is 36.4 Å². The summed E-state index contributed by atoms with van der Waals surface area (Å²) in [5.41, 5.74) is 0.856. The standard InChI is InChI=1S/C23H26N4O6S/c1-2-33-23(30)19-12-18(13-24)21(25-20(19)14-28)27-10-8-17(9-11-27)22(29)26-34(31,32)15-16-6-4-3-5-7-16/h3-7,12,17,28H,2,8-11,14-15H2,1H3,(H,26,29). The third kappa shape index (κ3) is 6.09. The summed E-state index contributed by atoms with van der Waals surface area (Å²) in [5.74, 6) is -1.73. The molecule has 1 aliphatic heterocycles. The van der Waals surface area contributed by atoms with Crippen LogP contribution in [0.2, 0.25) is 0 Å². The van der Waals surface area contributed by atoms with Gasteiger partial charge in [0, 0.05) is 19.0 Å². The molecule has 1 aromatic heterocycles. The minimum atomic E-state index is -3.83. The Hall–Kier alpha value is -3.49. The van der Waals surface area contributed by atoms with Crippen LogP contribution in [0.25, 0.3) is 0 Å². The molecule has 3 rings (SSSR count). The highest BCUT2D eigenvalue weighted by Gasteiger charge is 2.30. The maximum atomic E-state index is 12.6. The number of nitriles is 1. The summed E-state index contributed by atoms with van der Waals surface area (Å²) in [7, 11) is -3.83. The number of rotatable bonds is 8. The van der Waals surface area contributed by atoms with Crippen LogP contribution in [0.1, 0.15) is 46.9 Å². The molecule has 1 aliphatic rings. The number of aliphatic hydroxyl groups excluding tert-OH is 1. The van der Waals surface area contributed by atoms with Crippen LogP contribution in [-0.4, -0.2) is 50.1 Å². The Kier molecular flexibility index (Phi) is 8.20. The van der Waals surface area contributed by atoms with Gasteiger partial charge in [-0.2, -0.15) is 5.26 Å². The highest BCUT2D eigenvalue weighted by molar-refractivity contribution is 7.89. The number of piperidine rings is 1. The lowest BCUT2D eigenvalue weighted by molar-refractivity contribution is -0.123. The van der Waals surface area contributed by atoms with Gasteiger partial charge in [-0.05, 0) is 31.4 Å². The molecular weight excluding hydrogens is 460 g/mol. The molecule has 2 aromatic rings. The molecule has 0 bridgehead atoms. The molecule has 1 fully saturated rings. The number of carbonyl (C=O) groups excluding carboxylic acids is 2. The Morgan fingerprint density at radius 2 is 1.94 bits per heavy atom. The highest BCUT2D eigenvalue weighted by atomic mass is 32.2. The number of esters is 1. The van der Waals surface area contributed by atoms with Crippen LogP contribution in [0.3, 0.4) is 0 Å². The first kappa shape index (κ1) is 25.1. The summed E-state index contributed by atoms with van der Waals surface area (Å²) >= 11 is 0. The number of anilines is 1. The second kappa shape index (κ2) is 11.1.